The lowest BCUT2D eigenvalue weighted by molar-refractivity contribution is -0.141. The molecule has 0 aliphatic carbocycles. The Balaban J connectivity index is 2.03. The highest BCUT2D eigenvalue weighted by Crippen LogP contribution is 2.23. The number of sulfonamides is 1. The minimum atomic E-state index is -3.48. The van der Waals surface area contributed by atoms with E-state index in [0.717, 1.165) is 45.3 Å². The summed E-state index contributed by atoms with van der Waals surface area (Å²) in [6.45, 7) is 7.43. The molecule has 2 atom stereocenters. The fourth-order valence-electron chi connectivity index (χ4n) is 3.98. The number of piperidine rings is 2. The maximum Gasteiger partial charge on any atom is 0.240 e. The number of hydrogen-bond donors (Lipinski definition) is 1. The van der Waals surface area contributed by atoms with Gasteiger partial charge in [0.05, 0.1) is 11.8 Å². The fourth-order valence-corrected chi connectivity index (χ4v) is 4.91. The van der Waals surface area contributed by atoms with Crippen LogP contribution in [0.1, 0.15) is 46.0 Å². The van der Waals surface area contributed by atoms with E-state index in [1.807, 2.05) is 4.90 Å². The van der Waals surface area contributed by atoms with Crippen molar-refractivity contribution in [1.82, 2.24) is 9.80 Å². The second-order valence-corrected chi connectivity index (χ2v) is 9.07. The largest absolute Gasteiger partial charge is 0.341 e. The Morgan fingerprint density at radius 1 is 1.13 bits per heavy atom. The summed E-state index contributed by atoms with van der Waals surface area (Å²) in [6.07, 6.45) is 5.25. The topological polar surface area (TPSA) is 83.7 Å². The third kappa shape index (κ3) is 5.43. The third-order valence-electron chi connectivity index (χ3n) is 4.97. The zero-order valence-corrected chi connectivity index (χ0v) is 15.2. The minimum absolute atomic E-state index is 0.0210. The van der Waals surface area contributed by atoms with Crippen molar-refractivity contribution in [3.63, 3.8) is 0 Å². The van der Waals surface area contributed by atoms with Gasteiger partial charge in [0.15, 0.2) is 0 Å². The maximum absolute atomic E-state index is 13.1. The monoisotopic (exact) mass is 345 g/mol. The first-order valence-corrected chi connectivity index (χ1v) is 10.5. The van der Waals surface area contributed by atoms with Crippen LogP contribution in [0.15, 0.2) is 0 Å². The Kier molecular flexibility index (Phi) is 6.45. The molecule has 2 fully saturated rings. The highest BCUT2D eigenvalue weighted by molar-refractivity contribution is 7.89. The number of hydrogen-bond acceptors (Lipinski definition) is 4. The van der Waals surface area contributed by atoms with Crippen molar-refractivity contribution in [1.29, 1.82) is 0 Å². The molecule has 0 aromatic rings. The zero-order valence-electron chi connectivity index (χ0n) is 14.4. The Hall–Kier alpha value is -0.660. The number of carbonyl (C=O) groups excluding carboxylic acids is 1. The van der Waals surface area contributed by atoms with Gasteiger partial charge in [0, 0.05) is 13.1 Å². The summed E-state index contributed by atoms with van der Waals surface area (Å²) in [5, 5.41) is 5.17. The van der Waals surface area contributed by atoms with Crippen LogP contribution in [0.3, 0.4) is 0 Å². The van der Waals surface area contributed by atoms with E-state index in [1.165, 1.54) is 6.42 Å². The molecule has 6 nitrogen and oxygen atoms in total. The minimum Gasteiger partial charge on any atom is -0.341 e. The number of rotatable bonds is 5. The first-order valence-electron chi connectivity index (χ1n) is 8.81. The number of nitrogens with two attached hydrogens (primary N) is 1. The van der Waals surface area contributed by atoms with Gasteiger partial charge in [0.25, 0.3) is 0 Å². The molecule has 0 spiro atoms. The van der Waals surface area contributed by atoms with Gasteiger partial charge in [0.2, 0.25) is 15.9 Å². The normalized spacial score (nSPS) is 25.6. The first kappa shape index (κ1) is 18.7. The second-order valence-electron chi connectivity index (χ2n) is 7.41. The summed E-state index contributed by atoms with van der Waals surface area (Å²) in [7, 11) is -3.48. The highest BCUT2D eigenvalue weighted by Gasteiger charge is 2.35. The quantitative estimate of drug-likeness (QED) is 0.806. The van der Waals surface area contributed by atoms with Crippen LogP contribution in [0, 0.1) is 11.8 Å². The smallest absolute Gasteiger partial charge is 0.240 e. The van der Waals surface area contributed by atoms with Crippen molar-refractivity contribution in [2.75, 3.05) is 31.9 Å². The lowest BCUT2D eigenvalue weighted by Gasteiger charge is -2.41. The van der Waals surface area contributed by atoms with E-state index in [4.69, 9.17) is 5.14 Å². The molecular formula is C16H31N3O3S. The molecule has 2 N–H and O–H groups in total. The fraction of sp³-hybridized carbons (Fsp3) is 0.938. The van der Waals surface area contributed by atoms with Crippen LogP contribution in [-0.2, 0) is 14.8 Å². The molecule has 0 unspecified atom stereocenters. The highest BCUT2D eigenvalue weighted by atomic mass is 32.2. The van der Waals surface area contributed by atoms with Crippen molar-refractivity contribution in [3.05, 3.63) is 0 Å². The number of nitrogens with zero attached hydrogens (tertiary/aromatic N) is 2. The third-order valence-corrected chi connectivity index (χ3v) is 5.90. The van der Waals surface area contributed by atoms with E-state index >= 15 is 0 Å². The Morgan fingerprint density at radius 2 is 1.78 bits per heavy atom. The van der Waals surface area contributed by atoms with Crippen LogP contribution in [0.5, 0.6) is 0 Å². The molecule has 2 aliphatic rings. The van der Waals surface area contributed by atoms with Gasteiger partial charge >= 0.3 is 0 Å². The predicted octanol–water partition coefficient (Wildman–Crippen LogP) is 1.02. The molecule has 0 saturated carbocycles. The molecule has 0 aromatic carbocycles. The van der Waals surface area contributed by atoms with Gasteiger partial charge in [-0.2, -0.15) is 0 Å². The number of likely N-dealkylation sites (tertiary alicyclic amines) is 2. The molecule has 23 heavy (non-hydrogen) atoms. The van der Waals surface area contributed by atoms with Crippen molar-refractivity contribution in [3.8, 4) is 0 Å². The maximum atomic E-state index is 13.1. The van der Waals surface area contributed by atoms with Gasteiger partial charge < -0.3 is 4.90 Å². The first-order chi connectivity index (χ1) is 10.8. The lowest BCUT2D eigenvalue weighted by Crippen LogP contribution is -2.55. The number of carbonyl (C=O) groups is 1. The molecule has 2 aliphatic heterocycles. The zero-order chi connectivity index (χ0) is 17.0. The van der Waals surface area contributed by atoms with Gasteiger partial charge in [-0.1, -0.05) is 20.3 Å². The summed E-state index contributed by atoms with van der Waals surface area (Å²) in [4.78, 5) is 17.2. The predicted molar refractivity (Wildman–Crippen MR) is 91.3 cm³/mol. The second kappa shape index (κ2) is 7.94. The summed E-state index contributed by atoms with van der Waals surface area (Å²) in [5.41, 5.74) is 0. The van der Waals surface area contributed by atoms with Gasteiger partial charge in [-0.25, -0.2) is 13.6 Å². The van der Waals surface area contributed by atoms with Crippen LogP contribution in [0.25, 0.3) is 0 Å². The standard InChI is InChI=1S/C16H31N3O3S/c1-13(2)15(18-8-4-3-5-9-18)16(20)19-10-6-7-14(11-19)12-23(17,21)22/h13-15H,3-12H2,1-2H3,(H2,17,21,22)/t14-,15+/m0/s1. The van der Waals surface area contributed by atoms with E-state index in [9.17, 15) is 13.2 Å². The van der Waals surface area contributed by atoms with Crippen molar-refractivity contribution >= 4 is 15.9 Å². The van der Waals surface area contributed by atoms with Crippen molar-refractivity contribution in [2.45, 2.75) is 52.0 Å². The summed E-state index contributed by atoms with van der Waals surface area (Å²) in [5.74, 6) is 0.379. The van der Waals surface area contributed by atoms with Crippen LogP contribution >= 0.6 is 0 Å². The van der Waals surface area contributed by atoms with E-state index in [-0.39, 0.29) is 29.5 Å². The van der Waals surface area contributed by atoms with Gasteiger partial charge in [-0.05, 0) is 50.6 Å². The number of primary sulfonamides is 1. The molecule has 0 radical (unpaired) electrons. The summed E-state index contributed by atoms with van der Waals surface area (Å²) < 4.78 is 22.7. The van der Waals surface area contributed by atoms with Crippen molar-refractivity contribution < 1.29 is 13.2 Å². The van der Waals surface area contributed by atoms with Crippen LogP contribution in [-0.4, -0.2) is 62.1 Å². The molecular weight excluding hydrogens is 314 g/mol. The molecule has 1 amide bonds. The van der Waals surface area contributed by atoms with Gasteiger partial charge in [-0.3, -0.25) is 9.69 Å². The van der Waals surface area contributed by atoms with E-state index < -0.39 is 10.0 Å². The lowest BCUT2D eigenvalue weighted by atomic mass is 9.95. The molecule has 7 heteroatoms. The molecule has 0 aromatic heterocycles. The summed E-state index contributed by atoms with van der Waals surface area (Å²) >= 11 is 0. The average molecular weight is 346 g/mol. The molecule has 2 saturated heterocycles. The molecule has 134 valence electrons. The van der Waals surface area contributed by atoms with Crippen LogP contribution < -0.4 is 5.14 Å². The van der Waals surface area contributed by atoms with Gasteiger partial charge in [0.1, 0.15) is 0 Å². The van der Waals surface area contributed by atoms with E-state index in [2.05, 4.69) is 18.7 Å². The van der Waals surface area contributed by atoms with E-state index in [1.54, 1.807) is 0 Å². The molecule has 2 heterocycles. The SMILES string of the molecule is CC(C)[C@H](C(=O)N1CCC[C@H](CS(N)(=O)=O)C1)N1CCCCC1. The Bertz CT molecular complexity index is 501. The average Bonchev–Trinajstić information content (AvgIpc) is 2.46. The Labute approximate surface area is 140 Å². The van der Waals surface area contributed by atoms with E-state index in [0.29, 0.717) is 6.54 Å². The van der Waals surface area contributed by atoms with Crippen molar-refractivity contribution in [2.24, 2.45) is 17.0 Å². The van der Waals surface area contributed by atoms with Crippen LogP contribution in [0.2, 0.25) is 0 Å². The Morgan fingerprint density at radius 3 is 2.35 bits per heavy atom. The number of amides is 1. The molecule has 0 bridgehead atoms. The van der Waals surface area contributed by atoms with Gasteiger partial charge in [-0.15, -0.1) is 0 Å². The molecule has 2 rings (SSSR count). The van der Waals surface area contributed by atoms with Crippen LogP contribution in [0.4, 0.5) is 0 Å². The summed E-state index contributed by atoms with van der Waals surface area (Å²) in [6, 6.07) is -0.0801.